The van der Waals surface area contributed by atoms with E-state index in [0.29, 0.717) is 12.0 Å². The maximum Gasteiger partial charge on any atom is 0.248 e. The minimum atomic E-state index is -3.75. The highest BCUT2D eigenvalue weighted by molar-refractivity contribution is 7.89. The summed E-state index contributed by atoms with van der Waals surface area (Å²) in [4.78, 5) is 17.0. The number of carbonyl (C=O) groups is 1. The summed E-state index contributed by atoms with van der Waals surface area (Å²) in [5.74, 6) is 0.734. The Balaban J connectivity index is 1.33. The molecule has 1 aromatic rings. The zero-order valence-electron chi connectivity index (χ0n) is 17.1. The van der Waals surface area contributed by atoms with Crippen LogP contribution >= 0.6 is 0 Å². The van der Waals surface area contributed by atoms with Crippen LogP contribution in [0.3, 0.4) is 0 Å². The predicted molar refractivity (Wildman–Crippen MR) is 112 cm³/mol. The maximum atomic E-state index is 12.4. The van der Waals surface area contributed by atoms with Crippen molar-refractivity contribution in [2.24, 2.45) is 11.1 Å². The molecule has 7 nitrogen and oxygen atoms in total. The SMILES string of the molecule is NS(=O)(=O)c1ccccc1CCOCC(=O)N1CCC(CCN2CCCC2)CC1. The van der Waals surface area contributed by atoms with Crippen molar-refractivity contribution in [1.82, 2.24) is 9.80 Å². The molecule has 0 unspecified atom stereocenters. The number of carbonyl (C=O) groups excluding carboxylic acids is 1. The van der Waals surface area contributed by atoms with Crippen LogP contribution < -0.4 is 5.14 Å². The molecule has 1 amide bonds. The lowest BCUT2D eigenvalue weighted by Crippen LogP contribution is -2.41. The van der Waals surface area contributed by atoms with Crippen LogP contribution in [0.15, 0.2) is 29.2 Å². The van der Waals surface area contributed by atoms with Crippen LogP contribution in [0.4, 0.5) is 0 Å². The molecule has 0 radical (unpaired) electrons. The summed E-state index contributed by atoms with van der Waals surface area (Å²) in [5.41, 5.74) is 0.612. The number of hydrogen-bond donors (Lipinski definition) is 1. The van der Waals surface area contributed by atoms with Gasteiger partial charge >= 0.3 is 0 Å². The Kier molecular flexibility index (Phi) is 8.06. The molecular weight excluding hydrogens is 390 g/mol. The number of amides is 1. The molecule has 2 aliphatic heterocycles. The van der Waals surface area contributed by atoms with Gasteiger partial charge in [0.25, 0.3) is 0 Å². The van der Waals surface area contributed by atoms with Gasteiger partial charge in [0.05, 0.1) is 11.5 Å². The van der Waals surface area contributed by atoms with Crippen LogP contribution in [0.25, 0.3) is 0 Å². The third-order valence-electron chi connectivity index (χ3n) is 6.04. The number of piperidine rings is 1. The zero-order valence-corrected chi connectivity index (χ0v) is 17.9. The third kappa shape index (κ3) is 6.77. The number of ether oxygens (including phenoxy) is 1. The van der Waals surface area contributed by atoms with Crippen molar-refractivity contribution >= 4 is 15.9 Å². The zero-order chi connectivity index (χ0) is 20.7. The molecule has 0 aliphatic carbocycles. The third-order valence-corrected chi connectivity index (χ3v) is 7.05. The average molecular weight is 424 g/mol. The summed E-state index contributed by atoms with van der Waals surface area (Å²) >= 11 is 0. The number of hydrogen-bond acceptors (Lipinski definition) is 5. The number of sulfonamides is 1. The van der Waals surface area contributed by atoms with E-state index < -0.39 is 10.0 Å². The molecule has 0 saturated carbocycles. The van der Waals surface area contributed by atoms with Gasteiger partial charge in [-0.1, -0.05) is 18.2 Å². The van der Waals surface area contributed by atoms with Crippen molar-refractivity contribution in [2.45, 2.75) is 43.4 Å². The Hall–Kier alpha value is -1.48. The van der Waals surface area contributed by atoms with E-state index in [2.05, 4.69) is 4.90 Å². The van der Waals surface area contributed by atoms with Crippen LogP contribution in [-0.2, 0) is 26.0 Å². The van der Waals surface area contributed by atoms with Gasteiger partial charge in [-0.3, -0.25) is 4.79 Å². The van der Waals surface area contributed by atoms with E-state index in [9.17, 15) is 13.2 Å². The second-order valence-electron chi connectivity index (χ2n) is 8.12. The van der Waals surface area contributed by atoms with E-state index in [1.807, 2.05) is 4.90 Å². The first-order chi connectivity index (χ1) is 13.9. The van der Waals surface area contributed by atoms with Gasteiger partial charge in [-0.05, 0) is 75.7 Å². The Morgan fingerprint density at radius 1 is 1.10 bits per heavy atom. The van der Waals surface area contributed by atoms with Gasteiger partial charge in [-0.25, -0.2) is 13.6 Å². The minimum Gasteiger partial charge on any atom is -0.371 e. The highest BCUT2D eigenvalue weighted by Gasteiger charge is 2.23. The van der Waals surface area contributed by atoms with Gasteiger partial charge in [-0.2, -0.15) is 0 Å². The lowest BCUT2D eigenvalue weighted by molar-refractivity contribution is -0.137. The first kappa shape index (κ1) is 22.2. The van der Waals surface area contributed by atoms with Crippen LogP contribution in [0.1, 0.15) is 37.7 Å². The maximum absolute atomic E-state index is 12.4. The van der Waals surface area contributed by atoms with E-state index in [-0.39, 0.29) is 24.0 Å². The normalized spacial score (nSPS) is 19.0. The summed E-state index contributed by atoms with van der Waals surface area (Å²) < 4.78 is 28.8. The summed E-state index contributed by atoms with van der Waals surface area (Å²) in [6.45, 7) is 5.62. The molecular formula is C21H33N3O4S. The average Bonchev–Trinajstić information content (AvgIpc) is 3.23. The number of likely N-dealkylation sites (tertiary alicyclic amines) is 2. The van der Waals surface area contributed by atoms with Crippen molar-refractivity contribution in [3.8, 4) is 0 Å². The second kappa shape index (κ2) is 10.5. The summed E-state index contributed by atoms with van der Waals surface area (Å²) in [6.07, 6.45) is 6.45. The Morgan fingerprint density at radius 2 is 1.79 bits per heavy atom. The van der Waals surface area contributed by atoms with Gasteiger partial charge in [0.15, 0.2) is 0 Å². The molecule has 2 aliphatic rings. The smallest absolute Gasteiger partial charge is 0.248 e. The monoisotopic (exact) mass is 423 g/mol. The molecule has 3 rings (SSSR count). The molecule has 2 fully saturated rings. The van der Waals surface area contributed by atoms with Crippen LogP contribution in [0.5, 0.6) is 0 Å². The van der Waals surface area contributed by atoms with Crippen molar-refractivity contribution in [3.05, 3.63) is 29.8 Å². The first-order valence-corrected chi connectivity index (χ1v) is 12.2. The van der Waals surface area contributed by atoms with Gasteiger partial charge in [-0.15, -0.1) is 0 Å². The highest BCUT2D eigenvalue weighted by atomic mass is 32.2. The Bertz CT molecular complexity index is 770. The Labute approximate surface area is 174 Å². The molecule has 29 heavy (non-hydrogen) atoms. The molecule has 0 atom stereocenters. The van der Waals surface area contributed by atoms with Crippen LogP contribution in [0.2, 0.25) is 0 Å². The van der Waals surface area contributed by atoms with E-state index >= 15 is 0 Å². The number of benzene rings is 1. The lowest BCUT2D eigenvalue weighted by atomic mass is 9.93. The molecule has 1 aromatic carbocycles. The minimum absolute atomic E-state index is 0.0164. The van der Waals surface area contributed by atoms with Crippen LogP contribution in [0, 0.1) is 5.92 Å². The lowest BCUT2D eigenvalue weighted by Gasteiger charge is -2.32. The van der Waals surface area contributed by atoms with Crippen molar-refractivity contribution in [2.75, 3.05) is 45.9 Å². The second-order valence-corrected chi connectivity index (χ2v) is 9.65. The fourth-order valence-corrected chi connectivity index (χ4v) is 5.07. The molecule has 0 bridgehead atoms. The van der Waals surface area contributed by atoms with Crippen molar-refractivity contribution in [1.29, 1.82) is 0 Å². The molecule has 0 spiro atoms. The first-order valence-electron chi connectivity index (χ1n) is 10.6. The van der Waals surface area contributed by atoms with Gasteiger partial charge in [0, 0.05) is 13.1 Å². The van der Waals surface area contributed by atoms with Gasteiger partial charge in [0.1, 0.15) is 6.61 Å². The number of rotatable bonds is 9. The molecule has 162 valence electrons. The fraction of sp³-hybridized carbons (Fsp3) is 0.667. The molecule has 2 heterocycles. The van der Waals surface area contributed by atoms with Crippen molar-refractivity contribution in [3.63, 3.8) is 0 Å². The standard InChI is InChI=1S/C21H33N3O4S/c22-29(26,27)20-6-2-1-5-19(20)10-16-28-17-21(25)24-14-8-18(9-15-24)7-13-23-11-3-4-12-23/h1-2,5-6,18H,3-4,7-17H2,(H2,22,26,27). The quantitative estimate of drug-likeness (QED) is 0.609. The summed E-state index contributed by atoms with van der Waals surface area (Å²) in [6, 6.07) is 6.62. The van der Waals surface area contributed by atoms with Gasteiger partial charge < -0.3 is 14.5 Å². The summed E-state index contributed by atoms with van der Waals surface area (Å²) in [7, 11) is -3.75. The topological polar surface area (TPSA) is 92.9 Å². The van der Waals surface area contributed by atoms with E-state index in [0.717, 1.165) is 31.8 Å². The Morgan fingerprint density at radius 3 is 2.48 bits per heavy atom. The number of primary sulfonamides is 1. The van der Waals surface area contributed by atoms with E-state index in [4.69, 9.17) is 9.88 Å². The number of nitrogens with zero attached hydrogens (tertiary/aromatic N) is 2. The molecule has 2 saturated heterocycles. The summed E-state index contributed by atoms with van der Waals surface area (Å²) in [5, 5.41) is 5.24. The number of nitrogens with two attached hydrogens (primary N) is 1. The fourth-order valence-electron chi connectivity index (χ4n) is 4.26. The van der Waals surface area contributed by atoms with Crippen LogP contribution in [-0.4, -0.2) is 70.1 Å². The molecule has 8 heteroatoms. The molecule has 2 N–H and O–H groups in total. The van der Waals surface area contributed by atoms with Gasteiger partial charge in [0.2, 0.25) is 15.9 Å². The van der Waals surface area contributed by atoms with Crippen molar-refractivity contribution < 1.29 is 17.9 Å². The van der Waals surface area contributed by atoms with E-state index in [1.54, 1.807) is 18.2 Å². The largest absolute Gasteiger partial charge is 0.371 e. The molecule has 0 aromatic heterocycles. The predicted octanol–water partition coefficient (Wildman–Crippen LogP) is 1.62. The van der Waals surface area contributed by atoms with E-state index in [1.165, 1.54) is 45.0 Å². The highest BCUT2D eigenvalue weighted by Crippen LogP contribution is 2.22.